The standard InChI is InChI=1S/C35H54O3/c1-7-8-9-10-11-12-13-14-15-16-17-18-22-34(37)38-33-25-27-35(5,6)32(31(33)4)24-23-29(2)20-19-21-30(3)26-28-36/h18-24,26,28,33H,7-17,25,27H2,1-6H3. The highest BCUT2D eigenvalue weighted by Crippen LogP contribution is 2.42. The van der Waals surface area contributed by atoms with Gasteiger partial charge in [0.25, 0.3) is 0 Å². The molecular weight excluding hydrogens is 468 g/mol. The van der Waals surface area contributed by atoms with E-state index in [-0.39, 0.29) is 17.5 Å². The number of carbonyl (C=O) groups excluding carboxylic acids is 2. The van der Waals surface area contributed by atoms with Crippen LogP contribution in [-0.2, 0) is 14.3 Å². The summed E-state index contributed by atoms with van der Waals surface area (Å²) in [5.41, 5.74) is 4.45. The van der Waals surface area contributed by atoms with Crippen molar-refractivity contribution in [2.45, 2.75) is 131 Å². The third-order valence-electron chi connectivity index (χ3n) is 7.47. The second kappa shape index (κ2) is 19.6. The SMILES string of the molecule is CCCCCCCCCCCCC=CC(=O)OC1CCC(C)(C)C(C=CC(C)=CC=CC(C)=CC=O)=C1C. The number of aldehydes is 1. The van der Waals surface area contributed by atoms with E-state index in [4.69, 9.17) is 4.74 Å². The Kier molecular flexibility index (Phi) is 17.4. The molecule has 0 saturated carbocycles. The molecule has 0 aromatic heterocycles. The van der Waals surface area contributed by atoms with Gasteiger partial charge in [0.2, 0.25) is 0 Å². The number of esters is 1. The number of unbranched alkanes of at least 4 members (excludes halogenated alkanes) is 10. The smallest absolute Gasteiger partial charge is 0.331 e. The first-order valence-corrected chi connectivity index (χ1v) is 14.9. The molecule has 1 rings (SSSR count). The largest absolute Gasteiger partial charge is 0.455 e. The summed E-state index contributed by atoms with van der Waals surface area (Å²) in [6.07, 6.45) is 31.9. The van der Waals surface area contributed by atoms with Crippen LogP contribution in [0.1, 0.15) is 125 Å². The molecule has 1 aliphatic carbocycles. The maximum atomic E-state index is 12.5. The van der Waals surface area contributed by atoms with E-state index in [9.17, 15) is 9.59 Å². The Morgan fingerprint density at radius 3 is 2.13 bits per heavy atom. The van der Waals surface area contributed by atoms with E-state index >= 15 is 0 Å². The molecule has 0 spiro atoms. The number of allylic oxidation sites excluding steroid dienone is 10. The van der Waals surface area contributed by atoms with Crippen LogP contribution in [0.2, 0.25) is 0 Å². The van der Waals surface area contributed by atoms with Crippen LogP contribution in [0, 0.1) is 5.41 Å². The highest BCUT2D eigenvalue weighted by molar-refractivity contribution is 5.82. The molecule has 3 heteroatoms. The fraction of sp³-hybridized carbons (Fsp3) is 0.600. The lowest BCUT2D eigenvalue weighted by molar-refractivity contribution is -0.142. The highest BCUT2D eigenvalue weighted by Gasteiger charge is 2.33. The minimum atomic E-state index is -0.232. The van der Waals surface area contributed by atoms with Gasteiger partial charge in [0.05, 0.1) is 0 Å². The summed E-state index contributed by atoms with van der Waals surface area (Å²) in [5, 5.41) is 0. The summed E-state index contributed by atoms with van der Waals surface area (Å²) in [6, 6.07) is 0. The van der Waals surface area contributed by atoms with Crippen LogP contribution in [0.4, 0.5) is 0 Å². The van der Waals surface area contributed by atoms with Crippen molar-refractivity contribution in [2.24, 2.45) is 5.41 Å². The number of hydrogen-bond donors (Lipinski definition) is 0. The van der Waals surface area contributed by atoms with E-state index < -0.39 is 0 Å². The molecule has 212 valence electrons. The van der Waals surface area contributed by atoms with Crippen LogP contribution < -0.4 is 0 Å². The van der Waals surface area contributed by atoms with Gasteiger partial charge in [-0.2, -0.15) is 0 Å². The molecule has 0 N–H and O–H groups in total. The lowest BCUT2D eigenvalue weighted by Gasteiger charge is -2.36. The summed E-state index contributed by atoms with van der Waals surface area (Å²) in [7, 11) is 0. The van der Waals surface area contributed by atoms with E-state index in [2.05, 4.69) is 46.8 Å². The van der Waals surface area contributed by atoms with Gasteiger partial charge < -0.3 is 4.74 Å². The van der Waals surface area contributed by atoms with E-state index in [0.717, 1.165) is 48.7 Å². The number of rotatable bonds is 18. The van der Waals surface area contributed by atoms with E-state index in [1.807, 2.05) is 31.2 Å². The van der Waals surface area contributed by atoms with E-state index in [1.54, 1.807) is 12.2 Å². The molecule has 1 unspecified atom stereocenters. The Labute approximate surface area is 233 Å². The van der Waals surface area contributed by atoms with Gasteiger partial charge in [-0.3, -0.25) is 4.79 Å². The second-order valence-electron chi connectivity index (χ2n) is 11.5. The Bertz CT molecular complexity index is 892. The summed E-state index contributed by atoms with van der Waals surface area (Å²) in [6.45, 7) is 12.8. The van der Waals surface area contributed by atoms with Crippen molar-refractivity contribution in [1.82, 2.24) is 0 Å². The fourth-order valence-corrected chi connectivity index (χ4v) is 4.95. The number of carbonyl (C=O) groups is 2. The Morgan fingerprint density at radius 2 is 1.50 bits per heavy atom. The van der Waals surface area contributed by atoms with Crippen molar-refractivity contribution in [2.75, 3.05) is 0 Å². The minimum Gasteiger partial charge on any atom is -0.455 e. The first-order valence-electron chi connectivity index (χ1n) is 14.9. The molecule has 0 aromatic carbocycles. The predicted octanol–water partition coefficient (Wildman–Crippen LogP) is 10.1. The molecule has 1 atom stereocenters. The Morgan fingerprint density at radius 1 is 0.895 bits per heavy atom. The topological polar surface area (TPSA) is 43.4 Å². The first-order chi connectivity index (χ1) is 18.2. The fourth-order valence-electron chi connectivity index (χ4n) is 4.95. The molecule has 0 saturated heterocycles. The van der Waals surface area contributed by atoms with Crippen molar-refractivity contribution in [3.05, 3.63) is 70.9 Å². The lowest BCUT2D eigenvalue weighted by atomic mass is 9.71. The predicted molar refractivity (Wildman–Crippen MR) is 163 cm³/mol. The summed E-state index contributed by atoms with van der Waals surface area (Å²) < 4.78 is 5.87. The summed E-state index contributed by atoms with van der Waals surface area (Å²) in [5.74, 6) is -0.232. The van der Waals surface area contributed by atoms with Gasteiger partial charge in [0.15, 0.2) is 0 Å². The maximum absolute atomic E-state index is 12.5. The first kappa shape index (κ1) is 33.6. The van der Waals surface area contributed by atoms with Crippen molar-refractivity contribution < 1.29 is 14.3 Å². The van der Waals surface area contributed by atoms with Crippen LogP contribution in [0.5, 0.6) is 0 Å². The van der Waals surface area contributed by atoms with Gasteiger partial charge in [-0.15, -0.1) is 0 Å². The molecule has 3 nitrogen and oxygen atoms in total. The van der Waals surface area contributed by atoms with E-state index in [0.29, 0.717) is 0 Å². The summed E-state index contributed by atoms with van der Waals surface area (Å²) >= 11 is 0. The number of ether oxygens (including phenoxy) is 1. The zero-order valence-corrected chi connectivity index (χ0v) is 25.2. The van der Waals surface area contributed by atoms with Gasteiger partial charge in [0, 0.05) is 6.08 Å². The quantitative estimate of drug-likeness (QED) is 0.0591. The van der Waals surface area contributed by atoms with Crippen molar-refractivity contribution in [1.29, 1.82) is 0 Å². The van der Waals surface area contributed by atoms with Crippen LogP contribution in [0.25, 0.3) is 0 Å². The molecule has 0 heterocycles. The van der Waals surface area contributed by atoms with Gasteiger partial charge in [-0.1, -0.05) is 121 Å². The third-order valence-corrected chi connectivity index (χ3v) is 7.47. The zero-order chi connectivity index (χ0) is 28.2. The van der Waals surface area contributed by atoms with Gasteiger partial charge in [-0.05, 0) is 74.7 Å². The Hall–Kier alpha value is -2.42. The Balaban J connectivity index is 2.53. The van der Waals surface area contributed by atoms with Crippen LogP contribution in [-0.4, -0.2) is 18.4 Å². The molecule has 0 amide bonds. The van der Waals surface area contributed by atoms with Crippen molar-refractivity contribution in [3.8, 4) is 0 Å². The third kappa shape index (κ3) is 14.5. The minimum absolute atomic E-state index is 0.0360. The molecule has 0 aromatic rings. The maximum Gasteiger partial charge on any atom is 0.331 e. The molecule has 0 aliphatic heterocycles. The van der Waals surface area contributed by atoms with Crippen molar-refractivity contribution in [3.63, 3.8) is 0 Å². The average Bonchev–Trinajstić information content (AvgIpc) is 2.86. The zero-order valence-electron chi connectivity index (χ0n) is 25.2. The molecular formula is C35H54O3. The van der Waals surface area contributed by atoms with Gasteiger partial charge in [-0.25, -0.2) is 4.79 Å². The van der Waals surface area contributed by atoms with Crippen LogP contribution in [0.15, 0.2) is 70.9 Å². The second-order valence-corrected chi connectivity index (χ2v) is 11.5. The average molecular weight is 523 g/mol. The number of hydrogen-bond acceptors (Lipinski definition) is 3. The van der Waals surface area contributed by atoms with Gasteiger partial charge >= 0.3 is 5.97 Å². The van der Waals surface area contributed by atoms with Crippen LogP contribution >= 0.6 is 0 Å². The van der Waals surface area contributed by atoms with Crippen LogP contribution in [0.3, 0.4) is 0 Å². The highest BCUT2D eigenvalue weighted by atomic mass is 16.5. The lowest BCUT2D eigenvalue weighted by Crippen LogP contribution is -2.30. The monoisotopic (exact) mass is 522 g/mol. The molecule has 1 aliphatic rings. The van der Waals surface area contributed by atoms with E-state index in [1.165, 1.54) is 63.4 Å². The normalized spacial score (nSPS) is 18.7. The molecule has 0 fully saturated rings. The molecule has 0 bridgehead atoms. The molecule has 38 heavy (non-hydrogen) atoms. The van der Waals surface area contributed by atoms with Gasteiger partial charge in [0.1, 0.15) is 12.4 Å². The molecule has 0 radical (unpaired) electrons. The van der Waals surface area contributed by atoms with Crippen molar-refractivity contribution >= 4 is 12.3 Å². The summed E-state index contributed by atoms with van der Waals surface area (Å²) in [4.78, 5) is 23.0.